The van der Waals surface area contributed by atoms with Crippen LogP contribution < -0.4 is 10.1 Å². The van der Waals surface area contributed by atoms with Gasteiger partial charge in [-0.05, 0) is 12.1 Å². The van der Waals surface area contributed by atoms with Crippen LogP contribution in [0.1, 0.15) is 23.6 Å². The van der Waals surface area contributed by atoms with Crippen molar-refractivity contribution in [2.75, 3.05) is 6.61 Å². The topological polar surface area (TPSA) is 41.5 Å². The van der Waals surface area contributed by atoms with Crippen LogP contribution in [0.4, 0.5) is 0 Å². The summed E-state index contributed by atoms with van der Waals surface area (Å²) in [6, 6.07) is 15.8. The van der Waals surface area contributed by atoms with Crippen molar-refractivity contribution in [3.05, 3.63) is 59.7 Å². The van der Waals surface area contributed by atoms with Crippen molar-refractivity contribution >= 4 is 0 Å². The van der Waals surface area contributed by atoms with Gasteiger partial charge in [-0.2, -0.15) is 0 Å². The number of hydrogen-bond acceptors (Lipinski definition) is 3. The lowest BCUT2D eigenvalue weighted by atomic mass is 10.0. The Kier molecular flexibility index (Phi) is 3.38. The van der Waals surface area contributed by atoms with E-state index >= 15 is 0 Å². The average molecular weight is 255 g/mol. The summed E-state index contributed by atoms with van der Waals surface area (Å²) in [4.78, 5) is 0. The number of phenols is 1. The normalized spacial score (nSPS) is 17.6. The van der Waals surface area contributed by atoms with Crippen LogP contribution in [0, 0.1) is 0 Å². The molecule has 1 unspecified atom stereocenters. The number of para-hydroxylation sites is 2. The highest BCUT2D eigenvalue weighted by atomic mass is 16.5. The molecule has 3 heteroatoms. The van der Waals surface area contributed by atoms with E-state index in [1.807, 2.05) is 36.4 Å². The van der Waals surface area contributed by atoms with Gasteiger partial charge in [0, 0.05) is 30.1 Å². The number of benzene rings is 2. The maximum atomic E-state index is 9.77. The van der Waals surface area contributed by atoms with Crippen LogP contribution in [0.3, 0.4) is 0 Å². The quantitative estimate of drug-likeness (QED) is 0.886. The van der Waals surface area contributed by atoms with E-state index in [0.717, 1.165) is 24.3 Å². The summed E-state index contributed by atoms with van der Waals surface area (Å²) >= 11 is 0. The Morgan fingerprint density at radius 2 is 1.89 bits per heavy atom. The Morgan fingerprint density at radius 3 is 2.79 bits per heavy atom. The highest BCUT2D eigenvalue weighted by Gasteiger charge is 2.20. The van der Waals surface area contributed by atoms with Gasteiger partial charge < -0.3 is 15.2 Å². The van der Waals surface area contributed by atoms with E-state index < -0.39 is 0 Å². The molecule has 1 aliphatic rings. The molecule has 0 bridgehead atoms. The van der Waals surface area contributed by atoms with Crippen molar-refractivity contribution in [2.24, 2.45) is 0 Å². The van der Waals surface area contributed by atoms with Gasteiger partial charge >= 0.3 is 0 Å². The molecule has 98 valence electrons. The maximum absolute atomic E-state index is 9.77. The highest BCUT2D eigenvalue weighted by Crippen LogP contribution is 2.31. The number of rotatable bonds is 3. The lowest BCUT2D eigenvalue weighted by Crippen LogP contribution is -2.26. The van der Waals surface area contributed by atoms with Crippen LogP contribution in [0.15, 0.2) is 48.5 Å². The Hall–Kier alpha value is -2.00. The molecule has 2 N–H and O–H groups in total. The lowest BCUT2D eigenvalue weighted by Gasteiger charge is -2.26. The van der Waals surface area contributed by atoms with E-state index in [1.165, 1.54) is 5.56 Å². The van der Waals surface area contributed by atoms with Gasteiger partial charge in [-0.3, -0.25) is 0 Å². The average Bonchev–Trinajstić information content (AvgIpc) is 2.46. The molecule has 1 aliphatic heterocycles. The largest absolute Gasteiger partial charge is 0.508 e. The number of fused-ring (bicyclic) bond motifs is 1. The van der Waals surface area contributed by atoms with E-state index in [9.17, 15) is 5.11 Å². The van der Waals surface area contributed by atoms with Gasteiger partial charge in [0.2, 0.25) is 0 Å². The van der Waals surface area contributed by atoms with E-state index in [1.54, 1.807) is 6.07 Å². The molecular formula is C16H17NO2. The maximum Gasteiger partial charge on any atom is 0.124 e. The molecule has 0 spiro atoms. The molecular weight excluding hydrogens is 238 g/mol. The molecule has 2 aromatic rings. The molecule has 0 aromatic heterocycles. The fourth-order valence-electron chi connectivity index (χ4n) is 2.45. The molecule has 0 fully saturated rings. The van der Waals surface area contributed by atoms with Gasteiger partial charge in [0.15, 0.2) is 0 Å². The SMILES string of the molecule is Oc1ccccc1CNC1CCOc2ccccc21. The summed E-state index contributed by atoms with van der Waals surface area (Å²) in [5.74, 6) is 1.30. The molecule has 1 heterocycles. The van der Waals surface area contributed by atoms with Gasteiger partial charge in [-0.1, -0.05) is 36.4 Å². The summed E-state index contributed by atoms with van der Waals surface area (Å²) in [6.45, 7) is 1.39. The highest BCUT2D eigenvalue weighted by molar-refractivity contribution is 5.38. The molecule has 0 amide bonds. The minimum atomic E-state index is 0.282. The predicted molar refractivity (Wildman–Crippen MR) is 74.2 cm³/mol. The van der Waals surface area contributed by atoms with E-state index in [4.69, 9.17) is 4.74 Å². The molecule has 0 radical (unpaired) electrons. The van der Waals surface area contributed by atoms with Gasteiger partial charge in [-0.25, -0.2) is 0 Å². The summed E-state index contributed by atoms with van der Waals surface area (Å²) in [7, 11) is 0. The predicted octanol–water partition coefficient (Wildman–Crippen LogP) is 3.01. The number of aromatic hydroxyl groups is 1. The van der Waals surface area contributed by atoms with Crippen molar-refractivity contribution in [1.29, 1.82) is 0 Å². The van der Waals surface area contributed by atoms with Crippen LogP contribution in [0.5, 0.6) is 11.5 Å². The number of nitrogens with one attached hydrogen (secondary N) is 1. The van der Waals surface area contributed by atoms with E-state index in [2.05, 4.69) is 11.4 Å². The molecule has 0 saturated carbocycles. The van der Waals surface area contributed by atoms with Crippen LogP contribution in [0.25, 0.3) is 0 Å². The van der Waals surface area contributed by atoms with Crippen molar-refractivity contribution in [2.45, 2.75) is 19.0 Å². The first-order chi connectivity index (χ1) is 9.34. The third kappa shape index (κ3) is 2.56. The smallest absolute Gasteiger partial charge is 0.124 e. The second-order valence-electron chi connectivity index (χ2n) is 4.74. The number of ether oxygens (including phenoxy) is 1. The van der Waals surface area contributed by atoms with Crippen LogP contribution in [0.2, 0.25) is 0 Å². The molecule has 3 nitrogen and oxygen atoms in total. The lowest BCUT2D eigenvalue weighted by molar-refractivity contribution is 0.252. The fraction of sp³-hybridized carbons (Fsp3) is 0.250. The molecule has 1 atom stereocenters. The fourth-order valence-corrected chi connectivity index (χ4v) is 2.45. The van der Waals surface area contributed by atoms with Crippen molar-refractivity contribution < 1.29 is 9.84 Å². The molecule has 2 aromatic carbocycles. The second kappa shape index (κ2) is 5.33. The first-order valence-corrected chi connectivity index (χ1v) is 6.56. The zero-order valence-electron chi connectivity index (χ0n) is 10.7. The summed E-state index contributed by atoms with van der Waals surface area (Å²) in [5, 5.41) is 13.3. The van der Waals surface area contributed by atoms with Crippen LogP contribution in [-0.2, 0) is 6.54 Å². The molecule has 0 saturated heterocycles. The Morgan fingerprint density at radius 1 is 1.11 bits per heavy atom. The zero-order valence-corrected chi connectivity index (χ0v) is 10.7. The van der Waals surface area contributed by atoms with Crippen LogP contribution in [-0.4, -0.2) is 11.7 Å². The third-order valence-corrected chi connectivity index (χ3v) is 3.49. The monoisotopic (exact) mass is 255 g/mol. The number of hydrogen-bond donors (Lipinski definition) is 2. The summed E-state index contributed by atoms with van der Waals surface area (Å²) in [5.41, 5.74) is 2.12. The van der Waals surface area contributed by atoms with Gasteiger partial charge in [0.1, 0.15) is 11.5 Å². The van der Waals surface area contributed by atoms with Gasteiger partial charge in [-0.15, -0.1) is 0 Å². The Bertz CT molecular complexity index is 568. The van der Waals surface area contributed by atoms with Crippen molar-refractivity contribution in [1.82, 2.24) is 5.32 Å². The zero-order chi connectivity index (χ0) is 13.1. The van der Waals surface area contributed by atoms with E-state index in [0.29, 0.717) is 12.3 Å². The van der Waals surface area contributed by atoms with Crippen molar-refractivity contribution in [3.8, 4) is 11.5 Å². The molecule has 19 heavy (non-hydrogen) atoms. The first kappa shape index (κ1) is 12.1. The second-order valence-corrected chi connectivity index (χ2v) is 4.74. The third-order valence-electron chi connectivity index (χ3n) is 3.49. The van der Waals surface area contributed by atoms with Crippen molar-refractivity contribution in [3.63, 3.8) is 0 Å². The van der Waals surface area contributed by atoms with Gasteiger partial charge in [0.05, 0.1) is 6.61 Å². The molecule has 3 rings (SSSR count). The van der Waals surface area contributed by atoms with Gasteiger partial charge in [0.25, 0.3) is 0 Å². The summed E-state index contributed by atoms with van der Waals surface area (Å²) < 4.78 is 5.64. The Labute approximate surface area is 112 Å². The number of phenolic OH excluding ortho intramolecular Hbond substituents is 1. The van der Waals surface area contributed by atoms with Crippen LogP contribution >= 0.6 is 0 Å². The first-order valence-electron chi connectivity index (χ1n) is 6.56. The Balaban J connectivity index is 1.73. The molecule has 0 aliphatic carbocycles. The minimum absolute atomic E-state index is 0.282. The standard InChI is InChI=1S/C16H17NO2/c18-15-7-3-1-5-12(15)11-17-14-9-10-19-16-8-4-2-6-13(14)16/h1-8,14,17-18H,9-11H2. The minimum Gasteiger partial charge on any atom is -0.508 e. The van der Waals surface area contributed by atoms with E-state index in [-0.39, 0.29) is 6.04 Å². The summed E-state index contributed by atoms with van der Waals surface area (Å²) in [6.07, 6.45) is 0.949.